The molecule has 0 aliphatic rings. The van der Waals surface area contributed by atoms with Gasteiger partial charge in [-0.15, -0.1) is 11.3 Å². The second-order valence-electron chi connectivity index (χ2n) is 4.01. The average Bonchev–Trinajstić information content (AvgIpc) is 2.86. The summed E-state index contributed by atoms with van der Waals surface area (Å²) < 4.78 is 0. The van der Waals surface area contributed by atoms with Gasteiger partial charge in [0.15, 0.2) is 0 Å². The molecular weight excluding hydrogens is 246 g/mol. The Labute approximate surface area is 110 Å². The summed E-state index contributed by atoms with van der Waals surface area (Å²) in [5.41, 5.74) is 3.17. The molecule has 2 rings (SSSR count). The molecule has 0 aliphatic carbocycles. The number of carbonyl (C=O) groups excluding carboxylic acids is 1. The highest BCUT2D eigenvalue weighted by molar-refractivity contribution is 7.12. The van der Waals surface area contributed by atoms with E-state index in [0.717, 1.165) is 11.1 Å². The van der Waals surface area contributed by atoms with Gasteiger partial charge in [0.25, 0.3) is 5.91 Å². The highest BCUT2D eigenvalue weighted by Gasteiger charge is 2.13. The van der Waals surface area contributed by atoms with E-state index in [1.165, 1.54) is 16.9 Å². The van der Waals surface area contributed by atoms with Crippen LogP contribution in [0.25, 0.3) is 11.1 Å². The van der Waals surface area contributed by atoms with Gasteiger partial charge in [-0.3, -0.25) is 4.79 Å². The van der Waals surface area contributed by atoms with Gasteiger partial charge in [0.05, 0.1) is 11.5 Å². The number of aliphatic hydroxyl groups is 1. The van der Waals surface area contributed by atoms with Crippen LogP contribution in [0.2, 0.25) is 0 Å². The molecule has 18 heavy (non-hydrogen) atoms. The summed E-state index contributed by atoms with van der Waals surface area (Å²) >= 11 is 1.41. The fourth-order valence-electron chi connectivity index (χ4n) is 1.70. The van der Waals surface area contributed by atoms with Crippen molar-refractivity contribution >= 4 is 17.2 Å². The van der Waals surface area contributed by atoms with Gasteiger partial charge in [0.1, 0.15) is 0 Å². The Hall–Kier alpha value is -1.65. The molecule has 0 atom stereocenters. The molecule has 0 aliphatic heterocycles. The Kier molecular flexibility index (Phi) is 4.12. The molecule has 0 unspecified atom stereocenters. The zero-order chi connectivity index (χ0) is 13.0. The molecule has 0 spiro atoms. The number of aliphatic hydroxyl groups excluding tert-OH is 1. The molecular formula is C14H15NO2S. The number of benzene rings is 1. The number of thiophene rings is 1. The van der Waals surface area contributed by atoms with Gasteiger partial charge in [-0.1, -0.05) is 29.8 Å². The van der Waals surface area contributed by atoms with Crippen LogP contribution in [0.5, 0.6) is 0 Å². The van der Waals surface area contributed by atoms with E-state index in [1.807, 2.05) is 42.6 Å². The Bertz CT molecular complexity index is 531. The molecule has 94 valence electrons. The smallest absolute Gasteiger partial charge is 0.262 e. The number of hydrogen-bond donors (Lipinski definition) is 2. The van der Waals surface area contributed by atoms with Gasteiger partial charge in [-0.2, -0.15) is 0 Å². The molecule has 0 saturated carbocycles. The lowest BCUT2D eigenvalue weighted by Crippen LogP contribution is -2.25. The minimum absolute atomic E-state index is 0.0447. The summed E-state index contributed by atoms with van der Waals surface area (Å²) in [6, 6.07) is 10.0. The van der Waals surface area contributed by atoms with E-state index < -0.39 is 0 Å². The first-order valence-electron chi connectivity index (χ1n) is 5.76. The van der Waals surface area contributed by atoms with Gasteiger partial charge < -0.3 is 10.4 Å². The molecule has 0 fully saturated rings. The largest absolute Gasteiger partial charge is 0.395 e. The standard InChI is InChI=1S/C14H15NO2S/c1-10-2-4-11(5-3-10)12-6-9-18-13(12)14(17)15-7-8-16/h2-6,9,16H,7-8H2,1H3,(H,15,17). The normalized spacial score (nSPS) is 10.3. The molecule has 0 bridgehead atoms. The maximum Gasteiger partial charge on any atom is 0.262 e. The third-order valence-corrected chi connectivity index (χ3v) is 3.54. The van der Waals surface area contributed by atoms with Crippen molar-refractivity contribution in [2.75, 3.05) is 13.2 Å². The van der Waals surface area contributed by atoms with E-state index >= 15 is 0 Å². The summed E-state index contributed by atoms with van der Waals surface area (Å²) in [6.07, 6.45) is 0. The maximum atomic E-state index is 11.9. The van der Waals surface area contributed by atoms with Crippen molar-refractivity contribution < 1.29 is 9.90 Å². The third-order valence-electron chi connectivity index (χ3n) is 2.63. The van der Waals surface area contributed by atoms with Crippen molar-refractivity contribution in [2.45, 2.75) is 6.92 Å². The summed E-state index contributed by atoms with van der Waals surface area (Å²) in [7, 11) is 0. The first kappa shape index (κ1) is 12.8. The molecule has 1 amide bonds. The SMILES string of the molecule is Cc1ccc(-c2ccsc2C(=O)NCCO)cc1. The van der Waals surface area contributed by atoms with Gasteiger partial charge in [-0.05, 0) is 23.9 Å². The lowest BCUT2D eigenvalue weighted by Gasteiger charge is -2.05. The Morgan fingerprint density at radius 3 is 2.67 bits per heavy atom. The van der Waals surface area contributed by atoms with E-state index in [-0.39, 0.29) is 19.1 Å². The van der Waals surface area contributed by atoms with Crippen molar-refractivity contribution in [1.29, 1.82) is 0 Å². The summed E-state index contributed by atoms with van der Waals surface area (Å²) in [6.45, 7) is 2.27. The second-order valence-corrected chi connectivity index (χ2v) is 4.93. The third kappa shape index (κ3) is 2.78. The van der Waals surface area contributed by atoms with Crippen LogP contribution in [-0.4, -0.2) is 24.2 Å². The molecule has 0 radical (unpaired) electrons. The molecule has 2 N–H and O–H groups in total. The Balaban J connectivity index is 2.27. The zero-order valence-electron chi connectivity index (χ0n) is 10.1. The van der Waals surface area contributed by atoms with Gasteiger partial charge in [0.2, 0.25) is 0 Å². The van der Waals surface area contributed by atoms with Gasteiger partial charge >= 0.3 is 0 Å². The van der Waals surface area contributed by atoms with Crippen LogP contribution < -0.4 is 5.32 Å². The monoisotopic (exact) mass is 261 g/mol. The van der Waals surface area contributed by atoms with E-state index in [1.54, 1.807) is 0 Å². The molecule has 1 aromatic heterocycles. The number of nitrogens with one attached hydrogen (secondary N) is 1. The number of amides is 1. The van der Waals surface area contributed by atoms with Crippen molar-refractivity contribution in [2.24, 2.45) is 0 Å². The van der Waals surface area contributed by atoms with Crippen LogP contribution in [0, 0.1) is 6.92 Å². The number of aryl methyl sites for hydroxylation is 1. The minimum Gasteiger partial charge on any atom is -0.395 e. The quantitative estimate of drug-likeness (QED) is 0.888. The average molecular weight is 261 g/mol. The van der Waals surface area contributed by atoms with Crippen LogP contribution >= 0.6 is 11.3 Å². The number of hydrogen-bond acceptors (Lipinski definition) is 3. The van der Waals surface area contributed by atoms with Crippen LogP contribution in [0.15, 0.2) is 35.7 Å². The highest BCUT2D eigenvalue weighted by atomic mass is 32.1. The molecule has 3 nitrogen and oxygen atoms in total. The first-order valence-corrected chi connectivity index (χ1v) is 6.64. The van der Waals surface area contributed by atoms with Crippen molar-refractivity contribution in [3.8, 4) is 11.1 Å². The first-order chi connectivity index (χ1) is 8.72. The van der Waals surface area contributed by atoms with Crippen molar-refractivity contribution in [3.63, 3.8) is 0 Å². The predicted molar refractivity (Wildman–Crippen MR) is 73.9 cm³/mol. The van der Waals surface area contributed by atoms with Crippen LogP contribution in [0.3, 0.4) is 0 Å². The molecule has 1 aromatic carbocycles. The van der Waals surface area contributed by atoms with Crippen molar-refractivity contribution in [1.82, 2.24) is 5.32 Å². The molecule has 4 heteroatoms. The van der Waals surface area contributed by atoms with Crippen LogP contribution in [-0.2, 0) is 0 Å². The lowest BCUT2D eigenvalue weighted by molar-refractivity contribution is 0.0949. The maximum absolute atomic E-state index is 11.9. The number of rotatable bonds is 4. The predicted octanol–water partition coefficient (Wildman–Crippen LogP) is 2.45. The van der Waals surface area contributed by atoms with Gasteiger partial charge in [0, 0.05) is 12.1 Å². The topological polar surface area (TPSA) is 49.3 Å². The van der Waals surface area contributed by atoms with E-state index in [0.29, 0.717) is 4.88 Å². The van der Waals surface area contributed by atoms with Gasteiger partial charge in [-0.25, -0.2) is 0 Å². The Morgan fingerprint density at radius 1 is 1.28 bits per heavy atom. The zero-order valence-corrected chi connectivity index (χ0v) is 11.0. The van der Waals surface area contributed by atoms with E-state index in [2.05, 4.69) is 5.32 Å². The summed E-state index contributed by atoms with van der Waals surface area (Å²) in [4.78, 5) is 12.6. The van der Waals surface area contributed by atoms with E-state index in [9.17, 15) is 4.79 Å². The molecule has 2 aromatic rings. The van der Waals surface area contributed by atoms with Crippen LogP contribution in [0.1, 0.15) is 15.2 Å². The minimum atomic E-state index is -0.130. The molecule has 0 saturated heterocycles. The number of carbonyl (C=O) groups is 1. The molecule has 1 heterocycles. The van der Waals surface area contributed by atoms with Crippen molar-refractivity contribution in [3.05, 3.63) is 46.2 Å². The van der Waals surface area contributed by atoms with E-state index in [4.69, 9.17) is 5.11 Å². The summed E-state index contributed by atoms with van der Waals surface area (Å²) in [5.74, 6) is -0.130. The highest BCUT2D eigenvalue weighted by Crippen LogP contribution is 2.28. The summed E-state index contributed by atoms with van der Waals surface area (Å²) in [5, 5.41) is 13.3. The fourth-order valence-corrected chi connectivity index (χ4v) is 2.53. The Morgan fingerprint density at radius 2 is 2.00 bits per heavy atom. The fraction of sp³-hybridized carbons (Fsp3) is 0.214. The lowest BCUT2D eigenvalue weighted by atomic mass is 10.0. The van der Waals surface area contributed by atoms with Crippen LogP contribution in [0.4, 0.5) is 0 Å². The second kappa shape index (κ2) is 5.80.